The number of nitrogens with zero attached hydrogens (tertiary/aromatic N) is 1. The molecule has 19 heavy (non-hydrogen) atoms. The van der Waals surface area contributed by atoms with E-state index >= 15 is 0 Å². The Bertz CT molecular complexity index is 410. The van der Waals surface area contributed by atoms with Gasteiger partial charge in [-0.15, -0.1) is 6.58 Å². The van der Waals surface area contributed by atoms with E-state index in [1.54, 1.807) is 11.0 Å². The summed E-state index contributed by atoms with van der Waals surface area (Å²) in [6, 6.07) is 9.58. The number of carbonyl (C=O) groups is 1. The lowest BCUT2D eigenvalue weighted by Crippen LogP contribution is -2.35. The van der Waals surface area contributed by atoms with E-state index in [9.17, 15) is 4.79 Å². The normalized spacial score (nSPS) is 15.8. The first kappa shape index (κ1) is 13.7. The zero-order valence-corrected chi connectivity index (χ0v) is 11.3. The summed E-state index contributed by atoms with van der Waals surface area (Å²) in [7, 11) is 0. The van der Waals surface area contributed by atoms with Crippen molar-refractivity contribution in [3.63, 3.8) is 0 Å². The maximum Gasteiger partial charge on any atom is 0.414 e. The van der Waals surface area contributed by atoms with Crippen molar-refractivity contribution in [3.05, 3.63) is 43.0 Å². The van der Waals surface area contributed by atoms with Gasteiger partial charge in [-0.1, -0.05) is 30.7 Å². The van der Waals surface area contributed by atoms with Gasteiger partial charge in [-0.05, 0) is 37.8 Å². The quantitative estimate of drug-likeness (QED) is 0.760. The van der Waals surface area contributed by atoms with Crippen LogP contribution in [0.1, 0.15) is 32.1 Å². The zero-order valence-electron chi connectivity index (χ0n) is 11.3. The number of ether oxygens (including phenoxy) is 1. The minimum atomic E-state index is -0.266. The number of carbonyl (C=O) groups excluding carboxylic acids is 1. The van der Waals surface area contributed by atoms with Gasteiger partial charge in [0, 0.05) is 12.2 Å². The molecule has 102 valence electrons. The highest BCUT2D eigenvalue weighted by atomic mass is 16.6. The Morgan fingerprint density at radius 1 is 1.26 bits per heavy atom. The molecule has 2 rings (SSSR count). The van der Waals surface area contributed by atoms with Crippen LogP contribution in [0.4, 0.5) is 10.5 Å². The number of hydrogen-bond acceptors (Lipinski definition) is 2. The number of benzene rings is 1. The van der Waals surface area contributed by atoms with Crippen LogP contribution in [0.5, 0.6) is 0 Å². The minimum Gasteiger partial charge on any atom is -0.446 e. The van der Waals surface area contributed by atoms with Crippen LogP contribution in [0.15, 0.2) is 43.0 Å². The highest BCUT2D eigenvalue weighted by molar-refractivity contribution is 5.87. The molecule has 1 aliphatic rings. The molecule has 0 aromatic heterocycles. The molecule has 0 atom stereocenters. The molecule has 1 amide bonds. The van der Waals surface area contributed by atoms with Gasteiger partial charge in [-0.2, -0.15) is 0 Å². The molecule has 0 bridgehead atoms. The molecule has 3 nitrogen and oxygen atoms in total. The fourth-order valence-electron chi connectivity index (χ4n) is 2.41. The summed E-state index contributed by atoms with van der Waals surface area (Å²) in [5.41, 5.74) is 0.850. The third kappa shape index (κ3) is 3.85. The topological polar surface area (TPSA) is 29.5 Å². The molecule has 1 fully saturated rings. The number of amides is 1. The third-order valence-electron chi connectivity index (χ3n) is 3.42. The molecule has 1 aliphatic carbocycles. The second-order valence-electron chi connectivity index (χ2n) is 4.88. The van der Waals surface area contributed by atoms with Gasteiger partial charge in [0.2, 0.25) is 0 Å². The van der Waals surface area contributed by atoms with Gasteiger partial charge in [0.25, 0.3) is 0 Å². The summed E-state index contributed by atoms with van der Waals surface area (Å²) >= 11 is 0. The first-order valence-electron chi connectivity index (χ1n) is 6.95. The molecule has 0 radical (unpaired) electrons. The van der Waals surface area contributed by atoms with E-state index in [2.05, 4.69) is 6.58 Å². The standard InChI is InChI=1S/C16H21NO2/c1-2-13-17(14-9-5-3-6-10-14)16(18)19-15-11-7-4-8-12-15/h2-3,5-6,9-10,15H,1,4,7-8,11-13H2. The predicted octanol–water partition coefficient (Wildman–Crippen LogP) is 4.15. The Labute approximate surface area is 114 Å². The van der Waals surface area contributed by atoms with Crippen molar-refractivity contribution in [1.29, 1.82) is 0 Å². The largest absolute Gasteiger partial charge is 0.446 e. The molecule has 1 saturated carbocycles. The summed E-state index contributed by atoms with van der Waals surface area (Å²) in [6.07, 6.45) is 7.08. The van der Waals surface area contributed by atoms with Crippen molar-refractivity contribution < 1.29 is 9.53 Å². The van der Waals surface area contributed by atoms with Crippen molar-refractivity contribution in [2.45, 2.75) is 38.2 Å². The van der Waals surface area contributed by atoms with Gasteiger partial charge in [-0.3, -0.25) is 4.90 Å². The SMILES string of the molecule is C=CCN(C(=O)OC1CCCCC1)c1ccccc1. The Balaban J connectivity index is 2.01. The first-order valence-corrected chi connectivity index (χ1v) is 6.95. The van der Waals surface area contributed by atoms with Crippen LogP contribution >= 0.6 is 0 Å². The summed E-state index contributed by atoms with van der Waals surface area (Å²) in [5, 5.41) is 0. The predicted molar refractivity (Wildman–Crippen MR) is 77.3 cm³/mol. The van der Waals surface area contributed by atoms with Crippen LogP contribution in [0.25, 0.3) is 0 Å². The third-order valence-corrected chi connectivity index (χ3v) is 3.42. The zero-order chi connectivity index (χ0) is 13.5. The lowest BCUT2D eigenvalue weighted by atomic mass is 9.98. The van der Waals surface area contributed by atoms with Crippen molar-refractivity contribution >= 4 is 11.8 Å². The highest BCUT2D eigenvalue weighted by Crippen LogP contribution is 2.22. The molecule has 0 N–H and O–H groups in total. The van der Waals surface area contributed by atoms with E-state index in [0.717, 1.165) is 31.4 Å². The van der Waals surface area contributed by atoms with E-state index in [-0.39, 0.29) is 12.2 Å². The van der Waals surface area contributed by atoms with Crippen LogP contribution in [0.2, 0.25) is 0 Å². The van der Waals surface area contributed by atoms with Gasteiger partial charge in [0.05, 0.1) is 0 Å². The summed E-state index contributed by atoms with van der Waals surface area (Å²) in [6.45, 7) is 4.17. The lowest BCUT2D eigenvalue weighted by molar-refractivity contribution is 0.0812. The van der Waals surface area contributed by atoms with Crippen LogP contribution in [0.3, 0.4) is 0 Å². The van der Waals surface area contributed by atoms with Gasteiger partial charge in [0.15, 0.2) is 0 Å². The molecule has 0 spiro atoms. The van der Waals surface area contributed by atoms with E-state index in [1.165, 1.54) is 6.42 Å². The molecular weight excluding hydrogens is 238 g/mol. The maximum atomic E-state index is 12.3. The first-order chi connectivity index (χ1) is 9.31. The van der Waals surface area contributed by atoms with E-state index in [4.69, 9.17) is 4.74 Å². The second kappa shape index (κ2) is 6.98. The number of hydrogen-bond donors (Lipinski definition) is 0. The Hall–Kier alpha value is -1.77. The number of anilines is 1. The van der Waals surface area contributed by atoms with E-state index < -0.39 is 0 Å². The Morgan fingerprint density at radius 2 is 1.95 bits per heavy atom. The molecule has 0 unspecified atom stereocenters. The second-order valence-corrected chi connectivity index (χ2v) is 4.88. The molecule has 0 saturated heterocycles. The lowest BCUT2D eigenvalue weighted by Gasteiger charge is -2.26. The highest BCUT2D eigenvalue weighted by Gasteiger charge is 2.22. The summed E-state index contributed by atoms with van der Waals surface area (Å²) in [5.74, 6) is 0. The van der Waals surface area contributed by atoms with Gasteiger partial charge in [0.1, 0.15) is 6.10 Å². The summed E-state index contributed by atoms with van der Waals surface area (Å²) < 4.78 is 5.60. The number of para-hydroxylation sites is 1. The van der Waals surface area contributed by atoms with Crippen LogP contribution < -0.4 is 4.90 Å². The van der Waals surface area contributed by atoms with Crippen molar-refractivity contribution in [2.75, 3.05) is 11.4 Å². The monoisotopic (exact) mass is 259 g/mol. The van der Waals surface area contributed by atoms with Crippen molar-refractivity contribution in [2.24, 2.45) is 0 Å². The molecule has 1 aromatic carbocycles. The average Bonchev–Trinajstić information content (AvgIpc) is 2.46. The Morgan fingerprint density at radius 3 is 2.58 bits per heavy atom. The average molecular weight is 259 g/mol. The van der Waals surface area contributed by atoms with Gasteiger partial charge < -0.3 is 4.74 Å². The molecule has 0 heterocycles. The van der Waals surface area contributed by atoms with E-state index in [0.29, 0.717) is 6.54 Å². The van der Waals surface area contributed by atoms with Crippen LogP contribution in [0, 0.1) is 0 Å². The molecule has 3 heteroatoms. The number of rotatable bonds is 4. The van der Waals surface area contributed by atoms with Crippen molar-refractivity contribution in [1.82, 2.24) is 0 Å². The van der Waals surface area contributed by atoms with Gasteiger partial charge in [-0.25, -0.2) is 4.79 Å². The van der Waals surface area contributed by atoms with Crippen LogP contribution in [-0.4, -0.2) is 18.7 Å². The van der Waals surface area contributed by atoms with E-state index in [1.807, 2.05) is 30.3 Å². The summed E-state index contributed by atoms with van der Waals surface area (Å²) in [4.78, 5) is 13.9. The fraction of sp³-hybridized carbons (Fsp3) is 0.438. The molecular formula is C16H21NO2. The smallest absolute Gasteiger partial charge is 0.414 e. The molecule has 0 aliphatic heterocycles. The van der Waals surface area contributed by atoms with Crippen molar-refractivity contribution in [3.8, 4) is 0 Å². The minimum absolute atomic E-state index is 0.0808. The maximum absolute atomic E-state index is 12.3. The molecule has 1 aromatic rings. The fourth-order valence-corrected chi connectivity index (χ4v) is 2.41. The van der Waals surface area contributed by atoms with Crippen LogP contribution in [-0.2, 0) is 4.74 Å². The Kier molecular flexibility index (Phi) is 5.01. The van der Waals surface area contributed by atoms with Gasteiger partial charge >= 0.3 is 6.09 Å².